The van der Waals surface area contributed by atoms with E-state index in [1.165, 1.54) is 43.1 Å². The maximum atomic E-state index is 4.99. The Morgan fingerprint density at radius 1 is 0.478 bits per heavy atom. The summed E-state index contributed by atoms with van der Waals surface area (Å²) in [6.45, 7) is 0. The van der Waals surface area contributed by atoms with Crippen LogP contribution in [-0.4, -0.2) is 0 Å². The first-order valence-electron chi connectivity index (χ1n) is 7.51. The van der Waals surface area contributed by atoms with Crippen molar-refractivity contribution in [2.75, 3.05) is 0 Å². The van der Waals surface area contributed by atoms with E-state index >= 15 is 0 Å². The number of rotatable bonds is 0. The van der Waals surface area contributed by atoms with Crippen molar-refractivity contribution in [1.29, 1.82) is 0 Å². The molecule has 0 aromatic heterocycles. The molecular weight excluding hydrogens is 512 g/mol. The number of halogens is 2. The first-order chi connectivity index (χ1) is 11.3. The summed E-state index contributed by atoms with van der Waals surface area (Å²) < 4.78 is 0. The van der Waals surface area contributed by atoms with Gasteiger partial charge in [-0.05, 0) is 43.1 Å². The first kappa shape index (κ1) is 15.4. The SMILES string of the molecule is [Cl][Hg][Cl].c1cc2cccc3c4cccc5cccc(c(c1)c23)c54. The van der Waals surface area contributed by atoms with Gasteiger partial charge in [0.25, 0.3) is 0 Å². The Morgan fingerprint density at radius 3 is 1.00 bits per heavy atom. The fourth-order valence-corrected chi connectivity index (χ4v) is 3.58. The van der Waals surface area contributed by atoms with Crippen LogP contribution in [0.15, 0.2) is 72.8 Å². The summed E-state index contributed by atoms with van der Waals surface area (Å²) in [6.07, 6.45) is 0. The molecule has 0 N–H and O–H groups in total. The molecule has 23 heavy (non-hydrogen) atoms. The van der Waals surface area contributed by atoms with Gasteiger partial charge >= 0.3 is 38.6 Å². The summed E-state index contributed by atoms with van der Waals surface area (Å²) >= 11 is -1.14. The van der Waals surface area contributed by atoms with Crippen molar-refractivity contribution in [1.82, 2.24) is 0 Å². The molecule has 0 aliphatic carbocycles. The molecule has 0 spiro atoms. The predicted octanol–water partition coefficient (Wildman–Crippen LogP) is 7.11. The topological polar surface area (TPSA) is 0 Å². The van der Waals surface area contributed by atoms with Gasteiger partial charge in [-0.3, -0.25) is 0 Å². The van der Waals surface area contributed by atoms with Crippen molar-refractivity contribution in [3.8, 4) is 0 Å². The van der Waals surface area contributed by atoms with E-state index in [9.17, 15) is 0 Å². The zero-order chi connectivity index (χ0) is 15.8. The summed E-state index contributed by atoms with van der Waals surface area (Å²) in [5, 5.41) is 10.9. The van der Waals surface area contributed by atoms with Gasteiger partial charge in [-0.25, -0.2) is 0 Å². The summed E-state index contributed by atoms with van der Waals surface area (Å²) in [6, 6.07) is 26.4. The zero-order valence-electron chi connectivity index (χ0n) is 12.4. The molecule has 108 valence electrons. The molecule has 5 aromatic carbocycles. The summed E-state index contributed by atoms with van der Waals surface area (Å²) in [7, 11) is 9.97. The Hall–Kier alpha value is -1.08. The Morgan fingerprint density at radius 2 is 0.739 bits per heavy atom. The van der Waals surface area contributed by atoms with E-state index in [0.717, 1.165) is 0 Å². The van der Waals surface area contributed by atoms with Gasteiger partial charge < -0.3 is 0 Å². The largest absolute Gasteiger partial charge is 0.0610 e. The standard InChI is InChI=1S/C20H12.2ClH.Hg/c1-5-13-6-2-11-17-18-12-4-8-14-7-3-10-16(20(14)18)15(9-1)19(13)17;;;/h1-12H;2*1H;/q;;;+2/p-2. The van der Waals surface area contributed by atoms with Gasteiger partial charge in [0.2, 0.25) is 0 Å². The maximum Gasteiger partial charge on any atom is -0.00264 e. The second-order valence-corrected chi connectivity index (χ2v) is 13.4. The molecule has 3 heteroatoms. The van der Waals surface area contributed by atoms with Crippen molar-refractivity contribution >= 4 is 59.6 Å². The van der Waals surface area contributed by atoms with Crippen molar-refractivity contribution in [3.63, 3.8) is 0 Å². The summed E-state index contributed by atoms with van der Waals surface area (Å²) in [4.78, 5) is 0. The van der Waals surface area contributed by atoms with E-state index < -0.39 is 22.1 Å². The van der Waals surface area contributed by atoms with E-state index in [-0.39, 0.29) is 0 Å². The minimum Gasteiger partial charge on any atom is -0.0610 e. The molecule has 0 fully saturated rings. The van der Waals surface area contributed by atoms with E-state index in [1.54, 1.807) is 0 Å². The fourth-order valence-electron chi connectivity index (χ4n) is 3.58. The quantitative estimate of drug-likeness (QED) is 0.115. The van der Waals surface area contributed by atoms with Gasteiger partial charge in [-0.2, -0.15) is 0 Å². The summed E-state index contributed by atoms with van der Waals surface area (Å²) in [5.74, 6) is 0. The van der Waals surface area contributed by atoms with E-state index in [4.69, 9.17) is 16.5 Å². The minimum atomic E-state index is -1.14. The van der Waals surface area contributed by atoms with Crippen LogP contribution in [0.2, 0.25) is 0 Å². The molecular formula is C20H12Cl2Hg. The van der Waals surface area contributed by atoms with Crippen LogP contribution in [-0.2, 0) is 22.1 Å². The monoisotopic (exact) mass is 524 g/mol. The van der Waals surface area contributed by atoms with Crippen LogP contribution < -0.4 is 0 Å². The van der Waals surface area contributed by atoms with Gasteiger partial charge in [0.15, 0.2) is 0 Å². The van der Waals surface area contributed by atoms with Crippen LogP contribution in [0.25, 0.3) is 43.1 Å². The van der Waals surface area contributed by atoms with Crippen LogP contribution in [0.4, 0.5) is 0 Å². The van der Waals surface area contributed by atoms with Crippen molar-refractivity contribution in [2.45, 2.75) is 0 Å². The third-order valence-electron chi connectivity index (χ3n) is 4.39. The van der Waals surface area contributed by atoms with Gasteiger partial charge in [-0.15, -0.1) is 0 Å². The number of benzene rings is 5. The molecule has 0 unspecified atom stereocenters. The molecule has 5 aromatic rings. The molecule has 0 aliphatic heterocycles. The minimum absolute atomic E-state index is 1.14. The van der Waals surface area contributed by atoms with Gasteiger partial charge in [0, 0.05) is 0 Å². The normalized spacial score (nSPS) is 10.9. The van der Waals surface area contributed by atoms with Crippen LogP contribution in [0.3, 0.4) is 0 Å². The van der Waals surface area contributed by atoms with Crippen LogP contribution >= 0.6 is 16.5 Å². The van der Waals surface area contributed by atoms with Gasteiger partial charge in [0.1, 0.15) is 0 Å². The smallest absolute Gasteiger partial charge is 0.00264 e. The molecule has 0 saturated heterocycles. The van der Waals surface area contributed by atoms with E-state index in [2.05, 4.69) is 72.8 Å². The van der Waals surface area contributed by atoms with Crippen LogP contribution in [0.5, 0.6) is 0 Å². The van der Waals surface area contributed by atoms with Gasteiger partial charge in [0.05, 0.1) is 0 Å². The number of fused-ring (bicyclic) bond motifs is 2. The molecule has 0 amide bonds. The predicted molar refractivity (Wildman–Crippen MR) is 99.4 cm³/mol. The molecule has 0 radical (unpaired) electrons. The van der Waals surface area contributed by atoms with Crippen LogP contribution in [0.1, 0.15) is 0 Å². The van der Waals surface area contributed by atoms with Crippen molar-refractivity contribution in [2.24, 2.45) is 0 Å². The van der Waals surface area contributed by atoms with Crippen molar-refractivity contribution in [3.05, 3.63) is 72.8 Å². The second kappa shape index (κ2) is 6.43. The van der Waals surface area contributed by atoms with Crippen LogP contribution in [0, 0.1) is 0 Å². The summed E-state index contributed by atoms with van der Waals surface area (Å²) in [5.41, 5.74) is 0. The van der Waals surface area contributed by atoms with Crippen molar-refractivity contribution < 1.29 is 22.1 Å². The Labute approximate surface area is 153 Å². The Balaban J connectivity index is 0.000000421. The molecule has 0 nitrogen and oxygen atoms in total. The second-order valence-electron chi connectivity index (χ2n) is 5.52. The Kier molecular flexibility index (Phi) is 4.32. The maximum absolute atomic E-state index is 4.99. The molecule has 0 aliphatic rings. The first-order valence-corrected chi connectivity index (χ1v) is 21.0. The van der Waals surface area contributed by atoms with E-state index in [0.29, 0.717) is 0 Å². The third kappa shape index (κ3) is 2.48. The average molecular weight is 524 g/mol. The van der Waals surface area contributed by atoms with E-state index in [1.807, 2.05) is 0 Å². The molecule has 0 saturated carbocycles. The molecule has 0 heterocycles. The zero-order valence-corrected chi connectivity index (χ0v) is 19.4. The number of hydrogen-bond donors (Lipinski definition) is 0. The Bertz CT molecular complexity index is 948. The average Bonchev–Trinajstić information content (AvgIpc) is 2.60. The number of hydrogen-bond acceptors (Lipinski definition) is 0. The molecule has 0 atom stereocenters. The third-order valence-corrected chi connectivity index (χ3v) is 4.39. The van der Waals surface area contributed by atoms with Gasteiger partial charge in [-0.1, -0.05) is 72.8 Å². The molecule has 0 bridgehead atoms. The fraction of sp³-hybridized carbons (Fsp3) is 0. The molecule has 5 rings (SSSR count).